The molecular weight excluding hydrogens is 350 g/mol. The first-order valence-corrected chi connectivity index (χ1v) is 8.37. The third-order valence-corrected chi connectivity index (χ3v) is 4.04. The number of benzene rings is 1. The molecule has 3 aromatic rings. The highest BCUT2D eigenvalue weighted by molar-refractivity contribution is 6.10. The predicted octanol–water partition coefficient (Wildman–Crippen LogP) is 3.25. The van der Waals surface area contributed by atoms with Gasteiger partial charge in [0.15, 0.2) is 5.58 Å². The number of pyridine rings is 1. The molecule has 0 saturated carbocycles. The van der Waals surface area contributed by atoms with E-state index in [0.29, 0.717) is 33.6 Å². The lowest BCUT2D eigenvalue weighted by Gasteiger charge is -2.18. The minimum Gasteiger partial charge on any atom is -0.465 e. The van der Waals surface area contributed by atoms with Crippen LogP contribution in [0.3, 0.4) is 0 Å². The van der Waals surface area contributed by atoms with Gasteiger partial charge in [-0.05, 0) is 33.8 Å². The normalized spacial score (nSPS) is 11.0. The van der Waals surface area contributed by atoms with E-state index in [1.54, 1.807) is 45.9 Å². The third kappa shape index (κ3) is 3.25. The lowest BCUT2D eigenvalue weighted by atomic mass is 9.91. The largest absolute Gasteiger partial charge is 0.465 e. The molecule has 27 heavy (non-hydrogen) atoms. The predicted molar refractivity (Wildman–Crippen MR) is 96.4 cm³/mol. The van der Waals surface area contributed by atoms with E-state index in [1.807, 2.05) is 0 Å². The van der Waals surface area contributed by atoms with Crippen LogP contribution in [-0.2, 0) is 9.47 Å². The average molecular weight is 369 g/mol. The number of hydrogen-bond donors (Lipinski definition) is 0. The average Bonchev–Trinajstić information content (AvgIpc) is 3.08. The van der Waals surface area contributed by atoms with Crippen molar-refractivity contribution in [2.24, 2.45) is 0 Å². The van der Waals surface area contributed by atoms with Crippen LogP contribution in [0.1, 0.15) is 46.0 Å². The minimum absolute atomic E-state index is 0.175. The molecule has 0 radical (unpaired) electrons. The van der Waals surface area contributed by atoms with E-state index in [9.17, 15) is 9.59 Å². The van der Waals surface area contributed by atoms with Crippen molar-refractivity contribution in [1.29, 1.82) is 0 Å². The van der Waals surface area contributed by atoms with Crippen LogP contribution in [0, 0.1) is 13.8 Å². The molecule has 0 atom stereocenters. The molecule has 0 aliphatic rings. The summed E-state index contributed by atoms with van der Waals surface area (Å²) in [6.45, 7) is 6.87. The Morgan fingerprint density at radius 2 is 1.74 bits per heavy atom. The second-order valence-electron chi connectivity index (χ2n) is 6.28. The summed E-state index contributed by atoms with van der Waals surface area (Å²) in [5, 5.41) is 7.58. The van der Waals surface area contributed by atoms with E-state index >= 15 is 0 Å². The van der Waals surface area contributed by atoms with Gasteiger partial charge in [0.05, 0.1) is 35.7 Å². The highest BCUT2D eigenvalue weighted by Gasteiger charge is 2.29. The van der Waals surface area contributed by atoms with Gasteiger partial charge in [-0.1, -0.05) is 12.1 Å². The number of esters is 2. The highest BCUT2D eigenvalue weighted by Crippen LogP contribution is 2.36. The topological polar surface area (TPSA) is 104 Å². The smallest absolute Gasteiger partial charge is 0.340 e. The summed E-state index contributed by atoms with van der Waals surface area (Å²) in [6.07, 6.45) is -0.336. The number of nitrogens with zero attached hydrogens (tertiary/aromatic N) is 3. The van der Waals surface area contributed by atoms with Crippen LogP contribution in [0.25, 0.3) is 22.2 Å². The van der Waals surface area contributed by atoms with Crippen molar-refractivity contribution < 1.29 is 23.6 Å². The molecule has 0 fully saturated rings. The van der Waals surface area contributed by atoms with E-state index in [4.69, 9.17) is 14.0 Å². The van der Waals surface area contributed by atoms with Gasteiger partial charge < -0.3 is 14.0 Å². The Balaban J connectivity index is 2.43. The lowest BCUT2D eigenvalue weighted by molar-refractivity contribution is 0.0377. The number of methoxy groups -OCH3 is 1. The fourth-order valence-corrected chi connectivity index (χ4v) is 3.00. The molecule has 0 saturated heterocycles. The summed E-state index contributed by atoms with van der Waals surface area (Å²) in [4.78, 5) is 29.7. The zero-order valence-corrected chi connectivity index (χ0v) is 15.7. The molecule has 0 amide bonds. The Morgan fingerprint density at radius 1 is 1.07 bits per heavy atom. The number of ether oxygens (including phenoxy) is 2. The van der Waals surface area contributed by atoms with Crippen molar-refractivity contribution in [3.8, 4) is 11.1 Å². The number of aryl methyl sites for hydroxylation is 2. The van der Waals surface area contributed by atoms with Crippen LogP contribution < -0.4 is 0 Å². The first kappa shape index (κ1) is 18.5. The van der Waals surface area contributed by atoms with E-state index in [0.717, 1.165) is 0 Å². The zero-order chi connectivity index (χ0) is 19.7. The van der Waals surface area contributed by atoms with Crippen molar-refractivity contribution >= 4 is 23.0 Å². The van der Waals surface area contributed by atoms with Crippen molar-refractivity contribution in [3.05, 3.63) is 40.7 Å². The molecule has 140 valence electrons. The Morgan fingerprint density at radius 3 is 2.37 bits per heavy atom. The van der Waals surface area contributed by atoms with Gasteiger partial charge in [0.25, 0.3) is 0 Å². The van der Waals surface area contributed by atoms with Gasteiger partial charge in [-0.15, -0.1) is 5.10 Å². The molecule has 8 nitrogen and oxygen atoms in total. The van der Waals surface area contributed by atoms with Gasteiger partial charge in [-0.25, -0.2) is 9.59 Å². The Bertz CT molecular complexity index is 1040. The maximum Gasteiger partial charge on any atom is 0.340 e. The van der Waals surface area contributed by atoms with Crippen molar-refractivity contribution in [1.82, 2.24) is 15.4 Å². The number of fused-ring (bicyclic) bond motifs is 1. The maximum absolute atomic E-state index is 12.8. The Labute approximate surface area is 155 Å². The molecule has 0 bridgehead atoms. The molecule has 1 aromatic carbocycles. The number of carbonyl (C=O) groups excluding carboxylic acids is 2. The fourth-order valence-electron chi connectivity index (χ4n) is 3.00. The second kappa shape index (κ2) is 7.14. The van der Waals surface area contributed by atoms with E-state index in [-0.39, 0.29) is 17.2 Å². The molecule has 0 unspecified atom stereocenters. The molecule has 2 heterocycles. The zero-order valence-electron chi connectivity index (χ0n) is 15.7. The quantitative estimate of drug-likeness (QED) is 0.645. The Hall–Kier alpha value is -3.29. The number of rotatable bonds is 4. The number of carbonyl (C=O) groups is 2. The van der Waals surface area contributed by atoms with Crippen LogP contribution in [0.5, 0.6) is 0 Å². The summed E-state index contributed by atoms with van der Waals surface area (Å²) in [7, 11) is 1.27. The molecule has 2 aromatic heterocycles. The lowest BCUT2D eigenvalue weighted by Crippen LogP contribution is -2.19. The first-order chi connectivity index (χ1) is 12.8. The summed E-state index contributed by atoms with van der Waals surface area (Å²) in [6, 6.07) is 5.16. The molecule has 3 rings (SSSR count). The van der Waals surface area contributed by atoms with Crippen LogP contribution in [0.2, 0.25) is 0 Å². The summed E-state index contributed by atoms with van der Waals surface area (Å²) < 4.78 is 15.5. The van der Waals surface area contributed by atoms with Crippen molar-refractivity contribution in [2.45, 2.75) is 33.8 Å². The van der Waals surface area contributed by atoms with Gasteiger partial charge >= 0.3 is 11.9 Å². The first-order valence-electron chi connectivity index (χ1n) is 8.37. The summed E-state index contributed by atoms with van der Waals surface area (Å²) in [5.41, 5.74) is 2.94. The van der Waals surface area contributed by atoms with Crippen LogP contribution >= 0.6 is 0 Å². The molecule has 0 N–H and O–H groups in total. The molecule has 0 aliphatic carbocycles. The second-order valence-corrected chi connectivity index (χ2v) is 6.28. The molecule has 0 spiro atoms. The number of hydrogen-bond acceptors (Lipinski definition) is 8. The SMILES string of the molecule is COC(=O)c1c(C)nc(C)c(C(=O)OC(C)C)c1-c1cccc2onnc12. The van der Waals surface area contributed by atoms with Gasteiger partial charge in [0.2, 0.25) is 0 Å². The van der Waals surface area contributed by atoms with Crippen LogP contribution in [0.15, 0.2) is 22.7 Å². The minimum atomic E-state index is -0.609. The van der Waals surface area contributed by atoms with E-state index in [1.165, 1.54) is 7.11 Å². The van der Waals surface area contributed by atoms with Gasteiger partial charge in [-0.3, -0.25) is 4.98 Å². The van der Waals surface area contributed by atoms with Crippen LogP contribution in [0.4, 0.5) is 0 Å². The van der Waals surface area contributed by atoms with Gasteiger partial charge in [-0.2, -0.15) is 0 Å². The highest BCUT2D eigenvalue weighted by atomic mass is 16.5. The summed E-state index contributed by atoms with van der Waals surface area (Å²) in [5.74, 6) is -1.19. The van der Waals surface area contributed by atoms with E-state index < -0.39 is 11.9 Å². The maximum atomic E-state index is 12.8. The molecular formula is C19H19N3O5. The monoisotopic (exact) mass is 369 g/mol. The van der Waals surface area contributed by atoms with E-state index in [2.05, 4.69) is 15.4 Å². The fraction of sp³-hybridized carbons (Fsp3) is 0.316. The van der Waals surface area contributed by atoms with Crippen molar-refractivity contribution in [3.63, 3.8) is 0 Å². The standard InChI is InChI=1S/C19H19N3O5/c1-9(2)26-19(24)15-11(4)20-10(3)14(18(23)25-5)16(15)12-7-6-8-13-17(12)21-22-27-13/h6-9H,1-5H3. The van der Waals surface area contributed by atoms with Gasteiger partial charge in [0, 0.05) is 16.4 Å². The molecule has 0 aliphatic heterocycles. The number of aromatic nitrogens is 3. The van der Waals surface area contributed by atoms with Crippen molar-refractivity contribution in [2.75, 3.05) is 7.11 Å². The Kier molecular flexibility index (Phi) is 4.89. The van der Waals surface area contributed by atoms with Crippen LogP contribution in [-0.4, -0.2) is 40.5 Å². The third-order valence-electron chi connectivity index (χ3n) is 4.04. The summed E-state index contributed by atoms with van der Waals surface area (Å²) >= 11 is 0. The van der Waals surface area contributed by atoms with Gasteiger partial charge in [0.1, 0.15) is 5.52 Å². The molecule has 8 heteroatoms.